The maximum atomic E-state index is 13.4. The molecular weight excluding hydrogens is 552 g/mol. The van der Waals surface area contributed by atoms with Gasteiger partial charge in [0.25, 0.3) is 5.56 Å². The third-order valence-electron chi connectivity index (χ3n) is 6.39. The Balaban J connectivity index is 2.33. The number of benzene rings is 1. The molecule has 0 spiro atoms. The van der Waals surface area contributed by atoms with Crippen LogP contribution in [-0.2, 0) is 51.2 Å². The number of fused-ring (bicyclic) bond motifs is 2. The lowest BCUT2D eigenvalue weighted by molar-refractivity contribution is -0.190. The van der Waals surface area contributed by atoms with Gasteiger partial charge < -0.3 is 23.5 Å². The van der Waals surface area contributed by atoms with Gasteiger partial charge in [0, 0.05) is 34.2 Å². The first-order chi connectivity index (χ1) is 19.7. The summed E-state index contributed by atoms with van der Waals surface area (Å²) >= 11 is 0. The molecule has 2 aliphatic rings. The molecule has 14 nitrogen and oxygen atoms in total. The van der Waals surface area contributed by atoms with Gasteiger partial charge in [-0.2, -0.15) is 4.98 Å². The topological polar surface area (TPSA) is 175 Å². The van der Waals surface area contributed by atoms with E-state index in [1.807, 2.05) is 20.8 Å². The molecule has 3 unspecified atom stereocenters. The van der Waals surface area contributed by atoms with Crippen molar-refractivity contribution in [1.29, 1.82) is 0 Å². The molecule has 0 aromatic heterocycles. The van der Waals surface area contributed by atoms with Gasteiger partial charge >= 0.3 is 29.6 Å². The molecule has 3 rings (SSSR count). The number of carbonyl (C=O) groups excluding carboxylic acids is 4. The van der Waals surface area contributed by atoms with E-state index in [0.29, 0.717) is 17.5 Å². The molecular formula is C28H34N4O10. The molecule has 3 atom stereocenters. The van der Waals surface area contributed by atoms with E-state index in [0.717, 1.165) is 43.4 Å². The zero-order valence-electron chi connectivity index (χ0n) is 24.6. The average molecular weight is 587 g/mol. The molecule has 0 amide bonds. The SMILES string of the molecule is CCCn1c(=O)nc2n(CC(OC(C)=O)C(OC(C)=O)C(COC(C)=O)OC(C)=O)c3cc(C)c(C)cc3nc-2c1=O. The Morgan fingerprint density at radius 2 is 1.40 bits per heavy atom. The van der Waals surface area contributed by atoms with Gasteiger partial charge in [0.2, 0.25) is 0 Å². The summed E-state index contributed by atoms with van der Waals surface area (Å²) in [5.74, 6) is -3.14. The Morgan fingerprint density at radius 1 is 0.810 bits per heavy atom. The number of esters is 4. The number of nitrogens with zero attached hydrogens (tertiary/aromatic N) is 4. The van der Waals surface area contributed by atoms with Crippen LogP contribution in [0.3, 0.4) is 0 Å². The summed E-state index contributed by atoms with van der Waals surface area (Å²) in [5.41, 5.74) is 1.04. The molecule has 42 heavy (non-hydrogen) atoms. The van der Waals surface area contributed by atoms with Crippen LogP contribution < -0.4 is 11.2 Å². The lowest BCUT2D eigenvalue weighted by Crippen LogP contribution is -2.49. The number of ether oxygens (including phenoxy) is 4. The van der Waals surface area contributed by atoms with Crippen molar-refractivity contribution in [1.82, 2.24) is 19.1 Å². The second-order valence-electron chi connectivity index (χ2n) is 9.84. The van der Waals surface area contributed by atoms with Gasteiger partial charge in [-0.1, -0.05) is 6.92 Å². The van der Waals surface area contributed by atoms with Crippen LogP contribution in [0.1, 0.15) is 52.2 Å². The Kier molecular flexibility index (Phi) is 10.1. The van der Waals surface area contributed by atoms with Crippen LogP contribution in [0.5, 0.6) is 0 Å². The molecule has 0 radical (unpaired) electrons. The highest BCUT2D eigenvalue weighted by molar-refractivity contribution is 5.81. The van der Waals surface area contributed by atoms with Crippen LogP contribution in [0.4, 0.5) is 0 Å². The zero-order valence-corrected chi connectivity index (χ0v) is 24.6. The molecule has 1 aromatic rings. The van der Waals surface area contributed by atoms with Crippen LogP contribution in [0.25, 0.3) is 22.6 Å². The molecule has 0 aliphatic carbocycles. The zero-order chi connectivity index (χ0) is 31.3. The van der Waals surface area contributed by atoms with Gasteiger partial charge in [-0.15, -0.1) is 0 Å². The van der Waals surface area contributed by atoms with E-state index in [-0.39, 0.29) is 24.6 Å². The van der Waals surface area contributed by atoms with Crippen LogP contribution in [0, 0.1) is 13.8 Å². The Bertz CT molecular complexity index is 1610. The van der Waals surface area contributed by atoms with E-state index in [1.165, 1.54) is 4.57 Å². The largest absolute Gasteiger partial charge is 0.462 e. The normalized spacial score (nSPS) is 13.3. The van der Waals surface area contributed by atoms with E-state index in [2.05, 4.69) is 9.97 Å². The average Bonchev–Trinajstić information content (AvgIpc) is 2.88. The molecule has 0 fully saturated rings. The van der Waals surface area contributed by atoms with E-state index in [1.54, 1.807) is 12.1 Å². The second kappa shape index (κ2) is 13.4. The molecule has 0 saturated heterocycles. The number of hydrogen-bond acceptors (Lipinski definition) is 12. The summed E-state index contributed by atoms with van der Waals surface area (Å²) in [6.45, 7) is 9.32. The van der Waals surface area contributed by atoms with Crippen LogP contribution in [-0.4, -0.2) is 67.9 Å². The number of carbonyl (C=O) groups is 4. The van der Waals surface area contributed by atoms with Gasteiger partial charge in [-0.3, -0.25) is 28.5 Å². The fourth-order valence-electron chi connectivity index (χ4n) is 4.52. The molecule has 0 bridgehead atoms. The van der Waals surface area contributed by atoms with Crippen molar-refractivity contribution >= 4 is 34.9 Å². The highest BCUT2D eigenvalue weighted by Crippen LogP contribution is 2.26. The van der Waals surface area contributed by atoms with E-state index in [9.17, 15) is 28.8 Å². The Hall–Kier alpha value is -4.62. The summed E-state index contributed by atoms with van der Waals surface area (Å²) in [7, 11) is 0. The van der Waals surface area contributed by atoms with Crippen molar-refractivity contribution in [2.75, 3.05) is 6.61 Å². The van der Waals surface area contributed by atoms with Crippen molar-refractivity contribution in [3.05, 3.63) is 44.1 Å². The second-order valence-corrected chi connectivity index (χ2v) is 9.84. The fraction of sp³-hybridized carbons (Fsp3) is 0.500. The monoisotopic (exact) mass is 586 g/mol. The molecule has 0 N–H and O–H groups in total. The standard InChI is InChI=1S/C28H34N4O10/c1-8-9-31-27(37)24-26(30-28(31)38)32(21-11-15(3)14(2)10-20(21)29-24)12-22(40-17(5)34)25(42-19(7)36)23(41-18(6)35)13-39-16(4)33/h10-11,22-23,25H,8-9,12-13H2,1-7H3. The van der Waals surface area contributed by atoms with E-state index in [4.69, 9.17) is 18.9 Å². The quantitative estimate of drug-likeness (QED) is 0.180. The minimum atomic E-state index is -1.47. The van der Waals surface area contributed by atoms with Gasteiger partial charge in [-0.25, -0.2) is 9.78 Å². The summed E-state index contributed by atoms with van der Waals surface area (Å²) in [6.07, 6.45) is -3.72. The van der Waals surface area contributed by atoms with Gasteiger partial charge in [-0.05, 0) is 43.5 Å². The van der Waals surface area contributed by atoms with Crippen molar-refractivity contribution in [2.45, 2.75) is 86.3 Å². The maximum absolute atomic E-state index is 13.4. The van der Waals surface area contributed by atoms with Gasteiger partial charge in [0.1, 0.15) is 6.61 Å². The summed E-state index contributed by atoms with van der Waals surface area (Å²) in [6, 6.07) is 3.54. The predicted molar refractivity (Wildman–Crippen MR) is 148 cm³/mol. The van der Waals surface area contributed by atoms with Crippen LogP contribution in [0.15, 0.2) is 21.7 Å². The van der Waals surface area contributed by atoms with Gasteiger partial charge in [0.05, 0.1) is 17.6 Å². The first-order valence-corrected chi connectivity index (χ1v) is 13.3. The Labute approximate surface area is 240 Å². The van der Waals surface area contributed by atoms with E-state index >= 15 is 0 Å². The first kappa shape index (κ1) is 31.9. The number of aryl methyl sites for hydroxylation is 2. The fourth-order valence-corrected chi connectivity index (χ4v) is 4.52. The highest BCUT2D eigenvalue weighted by atomic mass is 16.6. The number of aromatic nitrogens is 4. The lowest BCUT2D eigenvalue weighted by Gasteiger charge is -2.32. The third kappa shape index (κ3) is 7.36. The first-order valence-electron chi connectivity index (χ1n) is 13.3. The molecule has 2 heterocycles. The molecule has 2 aliphatic heterocycles. The molecule has 226 valence electrons. The number of rotatable bonds is 11. The van der Waals surface area contributed by atoms with Crippen molar-refractivity contribution in [3.8, 4) is 11.5 Å². The molecule has 14 heteroatoms. The van der Waals surface area contributed by atoms with Crippen molar-refractivity contribution in [3.63, 3.8) is 0 Å². The minimum absolute atomic E-state index is 0.0872. The molecule has 0 saturated carbocycles. The predicted octanol–water partition coefficient (Wildman–Crippen LogP) is 1.44. The molecule has 1 aromatic carbocycles. The maximum Gasteiger partial charge on any atom is 0.352 e. The van der Waals surface area contributed by atoms with E-state index < -0.39 is 60.0 Å². The summed E-state index contributed by atoms with van der Waals surface area (Å²) in [4.78, 5) is 83.1. The Morgan fingerprint density at radius 3 is 1.98 bits per heavy atom. The highest BCUT2D eigenvalue weighted by Gasteiger charge is 2.39. The van der Waals surface area contributed by atoms with Gasteiger partial charge in [0.15, 0.2) is 29.8 Å². The minimum Gasteiger partial charge on any atom is -0.462 e. The summed E-state index contributed by atoms with van der Waals surface area (Å²) in [5, 5.41) is 0. The van der Waals surface area contributed by atoms with Crippen LogP contribution >= 0.6 is 0 Å². The summed E-state index contributed by atoms with van der Waals surface area (Å²) < 4.78 is 23.9. The van der Waals surface area contributed by atoms with Crippen molar-refractivity contribution in [2.24, 2.45) is 0 Å². The third-order valence-corrected chi connectivity index (χ3v) is 6.39. The van der Waals surface area contributed by atoms with Crippen LogP contribution in [0.2, 0.25) is 0 Å². The van der Waals surface area contributed by atoms with Crippen molar-refractivity contribution < 1.29 is 38.1 Å². The number of hydrogen-bond donors (Lipinski definition) is 0. The lowest BCUT2D eigenvalue weighted by atomic mass is 10.1. The smallest absolute Gasteiger partial charge is 0.352 e.